The van der Waals surface area contributed by atoms with Gasteiger partial charge in [-0.3, -0.25) is 4.79 Å². The van der Waals surface area contributed by atoms with E-state index in [-0.39, 0.29) is 12.2 Å². The molecule has 0 aromatic carbocycles. The van der Waals surface area contributed by atoms with Gasteiger partial charge in [-0.05, 0) is 18.8 Å². The third kappa shape index (κ3) is 3.27. The maximum Gasteiger partial charge on any atom is 0.392 e. The smallest absolute Gasteiger partial charge is 0.299 e. The van der Waals surface area contributed by atoms with Crippen molar-refractivity contribution < 1.29 is 18.0 Å². The van der Waals surface area contributed by atoms with Crippen LogP contribution in [0.1, 0.15) is 57.8 Å². The lowest BCUT2D eigenvalue weighted by molar-refractivity contribution is -0.197. The molecular formula is C14H21F3O. The van der Waals surface area contributed by atoms with Crippen LogP contribution in [0, 0.1) is 17.8 Å². The van der Waals surface area contributed by atoms with Crippen molar-refractivity contribution in [1.82, 2.24) is 0 Å². The molecule has 2 saturated carbocycles. The summed E-state index contributed by atoms with van der Waals surface area (Å²) in [7, 11) is 0. The van der Waals surface area contributed by atoms with E-state index < -0.39 is 18.0 Å². The van der Waals surface area contributed by atoms with Crippen molar-refractivity contribution in [3.05, 3.63) is 0 Å². The van der Waals surface area contributed by atoms with Crippen molar-refractivity contribution in [3.63, 3.8) is 0 Å². The normalized spacial score (nSPS) is 30.6. The highest BCUT2D eigenvalue weighted by Gasteiger charge is 2.47. The van der Waals surface area contributed by atoms with Crippen LogP contribution in [0.2, 0.25) is 0 Å². The Hall–Kier alpha value is -0.540. The standard InChI is InChI=1S/C14H21F3O/c15-14(16,17)12-8-4-3-7-11(12)13(18)9-10-5-1-2-6-10/h10-12H,1-9H2. The van der Waals surface area contributed by atoms with Crippen molar-refractivity contribution in [2.75, 3.05) is 0 Å². The first-order valence-corrected chi connectivity index (χ1v) is 7.08. The first-order chi connectivity index (χ1) is 8.48. The summed E-state index contributed by atoms with van der Waals surface area (Å²) in [5.41, 5.74) is 0. The SMILES string of the molecule is O=C(CC1CCCC1)C1CCCCC1C(F)(F)F. The number of rotatable bonds is 3. The van der Waals surface area contributed by atoms with Gasteiger partial charge in [0.05, 0.1) is 5.92 Å². The Labute approximate surface area is 106 Å². The van der Waals surface area contributed by atoms with Gasteiger partial charge in [0.2, 0.25) is 0 Å². The fraction of sp³-hybridized carbons (Fsp3) is 0.929. The van der Waals surface area contributed by atoms with Gasteiger partial charge in [0, 0.05) is 12.3 Å². The first-order valence-electron chi connectivity index (χ1n) is 7.08. The highest BCUT2D eigenvalue weighted by Crippen LogP contribution is 2.43. The van der Waals surface area contributed by atoms with Crippen LogP contribution in [0.3, 0.4) is 0 Å². The lowest BCUT2D eigenvalue weighted by atomic mass is 9.74. The molecular weight excluding hydrogens is 241 g/mol. The molecule has 2 aliphatic rings. The van der Waals surface area contributed by atoms with Gasteiger partial charge in [-0.15, -0.1) is 0 Å². The van der Waals surface area contributed by atoms with E-state index in [1.807, 2.05) is 0 Å². The van der Waals surface area contributed by atoms with Gasteiger partial charge in [-0.25, -0.2) is 0 Å². The Morgan fingerprint density at radius 3 is 2.11 bits per heavy atom. The molecule has 0 N–H and O–H groups in total. The van der Waals surface area contributed by atoms with Crippen LogP contribution in [0.15, 0.2) is 0 Å². The van der Waals surface area contributed by atoms with Gasteiger partial charge in [-0.1, -0.05) is 38.5 Å². The molecule has 104 valence electrons. The second-order valence-electron chi connectivity index (χ2n) is 5.86. The first kappa shape index (κ1) is 13.9. The third-order valence-corrected chi connectivity index (χ3v) is 4.56. The van der Waals surface area contributed by atoms with Crippen LogP contribution in [0.4, 0.5) is 13.2 Å². The largest absolute Gasteiger partial charge is 0.392 e. The molecule has 2 aliphatic carbocycles. The molecule has 2 rings (SSSR count). The summed E-state index contributed by atoms with van der Waals surface area (Å²) < 4.78 is 38.7. The summed E-state index contributed by atoms with van der Waals surface area (Å²) in [6, 6.07) is 0. The van der Waals surface area contributed by atoms with Crippen molar-refractivity contribution >= 4 is 5.78 Å². The molecule has 2 unspecified atom stereocenters. The fourth-order valence-corrected chi connectivity index (χ4v) is 3.56. The second-order valence-corrected chi connectivity index (χ2v) is 5.86. The fourth-order valence-electron chi connectivity index (χ4n) is 3.56. The van der Waals surface area contributed by atoms with Crippen LogP contribution in [0.5, 0.6) is 0 Å². The molecule has 0 radical (unpaired) electrons. The van der Waals surface area contributed by atoms with E-state index >= 15 is 0 Å². The molecule has 2 atom stereocenters. The van der Waals surface area contributed by atoms with Gasteiger partial charge < -0.3 is 0 Å². The van der Waals surface area contributed by atoms with Crippen LogP contribution in [0.25, 0.3) is 0 Å². The van der Waals surface area contributed by atoms with Gasteiger partial charge in [0.25, 0.3) is 0 Å². The molecule has 0 aromatic rings. The monoisotopic (exact) mass is 262 g/mol. The minimum atomic E-state index is -4.20. The summed E-state index contributed by atoms with van der Waals surface area (Å²) in [6.07, 6.45) is 2.46. The van der Waals surface area contributed by atoms with Crippen LogP contribution in [-0.4, -0.2) is 12.0 Å². The van der Waals surface area contributed by atoms with E-state index in [1.165, 1.54) is 0 Å². The van der Waals surface area contributed by atoms with Crippen LogP contribution < -0.4 is 0 Å². The molecule has 0 bridgehead atoms. The van der Waals surface area contributed by atoms with Crippen molar-refractivity contribution in [2.45, 2.75) is 64.0 Å². The highest BCUT2D eigenvalue weighted by molar-refractivity contribution is 5.81. The third-order valence-electron chi connectivity index (χ3n) is 4.56. The summed E-state index contributed by atoms with van der Waals surface area (Å²) in [6.45, 7) is 0. The van der Waals surface area contributed by atoms with Gasteiger partial charge in [0.15, 0.2) is 0 Å². The van der Waals surface area contributed by atoms with E-state index in [9.17, 15) is 18.0 Å². The molecule has 0 heterocycles. The minimum Gasteiger partial charge on any atom is -0.299 e. The van der Waals surface area contributed by atoms with E-state index in [1.54, 1.807) is 0 Å². The summed E-state index contributed by atoms with van der Waals surface area (Å²) in [5, 5.41) is 0. The Bertz CT molecular complexity index is 292. The zero-order chi connectivity index (χ0) is 13.2. The molecule has 2 fully saturated rings. The van der Waals surface area contributed by atoms with E-state index in [0.717, 1.165) is 32.1 Å². The number of hydrogen-bond acceptors (Lipinski definition) is 1. The lowest BCUT2D eigenvalue weighted by Gasteiger charge is -2.32. The Kier molecular flexibility index (Phi) is 4.33. The van der Waals surface area contributed by atoms with Crippen molar-refractivity contribution in [2.24, 2.45) is 17.8 Å². The molecule has 0 amide bonds. The Balaban J connectivity index is 1.97. The van der Waals surface area contributed by atoms with Crippen molar-refractivity contribution in [3.8, 4) is 0 Å². The number of ketones is 1. The van der Waals surface area contributed by atoms with E-state index in [0.29, 0.717) is 25.2 Å². The maximum atomic E-state index is 12.9. The molecule has 18 heavy (non-hydrogen) atoms. The number of carbonyl (C=O) groups excluding carboxylic acids is 1. The topological polar surface area (TPSA) is 17.1 Å². The van der Waals surface area contributed by atoms with Gasteiger partial charge in [0.1, 0.15) is 5.78 Å². The average molecular weight is 262 g/mol. The van der Waals surface area contributed by atoms with Crippen molar-refractivity contribution in [1.29, 1.82) is 0 Å². The maximum absolute atomic E-state index is 12.9. The Morgan fingerprint density at radius 2 is 1.50 bits per heavy atom. The highest BCUT2D eigenvalue weighted by atomic mass is 19.4. The summed E-state index contributed by atoms with van der Waals surface area (Å²) in [4.78, 5) is 12.1. The average Bonchev–Trinajstić information content (AvgIpc) is 2.80. The van der Waals surface area contributed by atoms with Crippen LogP contribution in [-0.2, 0) is 4.79 Å². The minimum absolute atomic E-state index is 0.121. The second kappa shape index (κ2) is 5.62. The molecule has 0 aromatic heterocycles. The van der Waals surface area contributed by atoms with E-state index in [2.05, 4.69) is 0 Å². The van der Waals surface area contributed by atoms with E-state index in [4.69, 9.17) is 0 Å². The number of Topliss-reactive ketones (excluding diaryl/α,β-unsaturated/α-hetero) is 1. The number of alkyl halides is 3. The predicted molar refractivity (Wildman–Crippen MR) is 63.1 cm³/mol. The number of hydrogen-bond donors (Lipinski definition) is 0. The quantitative estimate of drug-likeness (QED) is 0.731. The molecule has 1 nitrogen and oxygen atoms in total. The molecule has 0 saturated heterocycles. The zero-order valence-corrected chi connectivity index (χ0v) is 10.6. The molecule has 0 aliphatic heterocycles. The summed E-state index contributed by atoms with van der Waals surface area (Å²) >= 11 is 0. The Morgan fingerprint density at radius 1 is 0.944 bits per heavy atom. The predicted octanol–water partition coefficient (Wildman–Crippen LogP) is 4.50. The number of carbonyl (C=O) groups is 1. The molecule has 4 heteroatoms. The lowest BCUT2D eigenvalue weighted by Crippen LogP contribution is -2.37. The zero-order valence-electron chi connectivity index (χ0n) is 10.6. The van der Waals surface area contributed by atoms with Crippen LogP contribution >= 0.6 is 0 Å². The number of halogens is 3. The van der Waals surface area contributed by atoms with Gasteiger partial charge in [-0.2, -0.15) is 13.2 Å². The van der Waals surface area contributed by atoms with Gasteiger partial charge >= 0.3 is 6.18 Å². The molecule has 0 spiro atoms. The summed E-state index contributed by atoms with van der Waals surface area (Å²) in [5.74, 6) is -1.89.